The first-order valence-electron chi connectivity index (χ1n) is 7.06. The maximum Gasteiger partial charge on any atom is 0.192 e. The van der Waals surface area contributed by atoms with Gasteiger partial charge in [0.25, 0.3) is 0 Å². The third kappa shape index (κ3) is 4.80. The van der Waals surface area contributed by atoms with Gasteiger partial charge in [0.15, 0.2) is 8.32 Å². The van der Waals surface area contributed by atoms with E-state index in [-0.39, 0.29) is 11.1 Å². The lowest BCUT2D eigenvalue weighted by Gasteiger charge is -2.36. The highest BCUT2D eigenvalue weighted by Gasteiger charge is 2.42. The minimum atomic E-state index is -1.68. The van der Waals surface area contributed by atoms with E-state index in [1.54, 1.807) is 0 Å². The first-order valence-corrected chi connectivity index (χ1v) is 9.96. The van der Waals surface area contributed by atoms with Crippen LogP contribution in [0.1, 0.15) is 40.5 Å². The molecule has 1 saturated heterocycles. The molecule has 0 saturated carbocycles. The predicted molar refractivity (Wildman–Crippen MR) is 83.6 cm³/mol. The van der Waals surface area contributed by atoms with Crippen LogP contribution in [0.15, 0.2) is 12.2 Å². The molecule has 0 amide bonds. The van der Waals surface area contributed by atoms with Crippen LogP contribution < -0.4 is 0 Å². The van der Waals surface area contributed by atoms with E-state index >= 15 is 0 Å². The van der Waals surface area contributed by atoms with Gasteiger partial charge in [-0.3, -0.25) is 0 Å². The molecule has 1 aliphatic heterocycles. The molecule has 1 fully saturated rings. The Hall–Kier alpha value is -0.563. The maximum absolute atomic E-state index is 6.16. The van der Waals surface area contributed by atoms with Crippen LogP contribution in [0, 0.1) is 11.8 Å². The van der Waals surface area contributed by atoms with E-state index in [0.717, 1.165) is 18.4 Å². The van der Waals surface area contributed by atoms with Crippen LogP contribution in [0.5, 0.6) is 0 Å². The second kappa shape index (κ2) is 6.26. The molecule has 1 heterocycles. The summed E-state index contributed by atoms with van der Waals surface area (Å²) in [5.41, 5.74) is 1.08. The van der Waals surface area contributed by atoms with Crippen LogP contribution in [0.25, 0.3) is 0 Å². The van der Waals surface area contributed by atoms with Crippen molar-refractivity contribution >= 4 is 8.32 Å². The quantitative estimate of drug-likeness (QED) is 0.316. The number of epoxide rings is 1. The summed E-state index contributed by atoms with van der Waals surface area (Å²) in [6, 6.07) is 0. The lowest BCUT2D eigenvalue weighted by molar-refractivity contribution is 0.303. The van der Waals surface area contributed by atoms with Crippen molar-refractivity contribution in [1.29, 1.82) is 0 Å². The van der Waals surface area contributed by atoms with E-state index in [1.807, 2.05) is 6.92 Å². The molecule has 0 aromatic carbocycles. The zero-order valence-electron chi connectivity index (χ0n) is 13.3. The molecule has 1 aliphatic rings. The fourth-order valence-corrected chi connectivity index (χ4v) is 2.61. The van der Waals surface area contributed by atoms with Gasteiger partial charge in [-0.1, -0.05) is 27.4 Å². The average molecular weight is 280 g/mol. The molecule has 0 spiro atoms. The number of ether oxygens (including phenoxy) is 1. The van der Waals surface area contributed by atoms with Crippen molar-refractivity contribution in [2.45, 2.75) is 70.9 Å². The Morgan fingerprint density at radius 2 is 2.00 bits per heavy atom. The molecule has 0 bridgehead atoms. The lowest BCUT2D eigenvalue weighted by atomic mass is 10.1. The van der Waals surface area contributed by atoms with Gasteiger partial charge in [0.1, 0.15) is 6.10 Å². The first kappa shape index (κ1) is 16.5. The fraction of sp³-hybridized carbons (Fsp3) is 0.750. The Balaban J connectivity index is 2.32. The zero-order chi connectivity index (χ0) is 14.7. The van der Waals surface area contributed by atoms with Crippen molar-refractivity contribution in [3.05, 3.63) is 12.2 Å². The van der Waals surface area contributed by atoms with Crippen molar-refractivity contribution in [3.63, 3.8) is 0 Å². The summed E-state index contributed by atoms with van der Waals surface area (Å²) in [5.74, 6) is 5.98. The molecular weight excluding hydrogens is 252 g/mol. The summed E-state index contributed by atoms with van der Waals surface area (Å²) < 4.78 is 11.8. The summed E-state index contributed by atoms with van der Waals surface area (Å²) >= 11 is 0. The highest BCUT2D eigenvalue weighted by molar-refractivity contribution is 6.74. The minimum absolute atomic E-state index is 0.198. The molecule has 108 valence electrons. The van der Waals surface area contributed by atoms with E-state index < -0.39 is 8.32 Å². The highest BCUT2D eigenvalue weighted by Crippen LogP contribution is 2.38. The predicted octanol–water partition coefficient (Wildman–Crippen LogP) is 4.14. The van der Waals surface area contributed by atoms with Crippen LogP contribution in [-0.2, 0) is 9.16 Å². The van der Waals surface area contributed by atoms with Gasteiger partial charge >= 0.3 is 0 Å². The third-order valence-corrected chi connectivity index (χ3v) is 8.62. The number of rotatable bonds is 6. The van der Waals surface area contributed by atoms with Crippen molar-refractivity contribution in [3.8, 4) is 11.8 Å². The van der Waals surface area contributed by atoms with Gasteiger partial charge in [-0.25, -0.2) is 0 Å². The van der Waals surface area contributed by atoms with Gasteiger partial charge in [-0.2, -0.15) is 0 Å². The molecule has 19 heavy (non-hydrogen) atoms. The van der Waals surface area contributed by atoms with Crippen LogP contribution >= 0.6 is 0 Å². The summed E-state index contributed by atoms with van der Waals surface area (Å²) in [6.45, 7) is 17.9. The summed E-state index contributed by atoms with van der Waals surface area (Å²) in [7, 11) is -1.68. The van der Waals surface area contributed by atoms with Crippen LogP contribution in [-0.4, -0.2) is 27.1 Å². The molecule has 2 nitrogen and oxygen atoms in total. The van der Waals surface area contributed by atoms with Gasteiger partial charge in [-0.15, -0.1) is 11.8 Å². The average Bonchev–Trinajstić information content (AvgIpc) is 3.04. The van der Waals surface area contributed by atoms with Gasteiger partial charge in [-0.05, 0) is 37.0 Å². The van der Waals surface area contributed by atoms with E-state index in [9.17, 15) is 0 Å². The molecule has 1 rings (SSSR count). The van der Waals surface area contributed by atoms with E-state index in [2.05, 4.69) is 52.3 Å². The van der Waals surface area contributed by atoms with Gasteiger partial charge in [0, 0.05) is 6.42 Å². The van der Waals surface area contributed by atoms with Crippen molar-refractivity contribution in [1.82, 2.24) is 0 Å². The monoisotopic (exact) mass is 280 g/mol. The molecule has 0 aromatic heterocycles. The third-order valence-electron chi connectivity index (χ3n) is 4.14. The normalized spacial score (nSPS) is 22.6. The largest absolute Gasteiger partial charge is 0.413 e. The molecule has 3 heteroatoms. The maximum atomic E-state index is 6.16. The fourth-order valence-electron chi connectivity index (χ4n) is 1.63. The molecule has 2 atom stereocenters. The summed E-state index contributed by atoms with van der Waals surface area (Å²) in [4.78, 5) is 0. The molecule has 0 aromatic rings. The zero-order valence-corrected chi connectivity index (χ0v) is 14.3. The van der Waals surface area contributed by atoms with Crippen LogP contribution in [0.4, 0.5) is 0 Å². The Kier molecular flexibility index (Phi) is 5.43. The Morgan fingerprint density at radius 1 is 1.37 bits per heavy atom. The highest BCUT2D eigenvalue weighted by atomic mass is 28.4. The number of hydrogen-bond donors (Lipinski definition) is 0. The second-order valence-corrected chi connectivity index (χ2v) is 11.6. The van der Waals surface area contributed by atoms with Crippen molar-refractivity contribution < 1.29 is 9.16 Å². The Morgan fingerprint density at radius 3 is 2.53 bits per heavy atom. The molecular formula is C16H28O2Si. The van der Waals surface area contributed by atoms with Crippen LogP contribution in [0.3, 0.4) is 0 Å². The SMILES string of the molecule is C=C(CO[Si](C)(C)C(C)(C)C)[C@@H]1O[C@H]1CCC#CC. The summed E-state index contributed by atoms with van der Waals surface area (Å²) in [5, 5.41) is 0.244. The number of hydrogen-bond acceptors (Lipinski definition) is 2. The molecule has 0 unspecified atom stereocenters. The van der Waals surface area contributed by atoms with Gasteiger partial charge in [0.05, 0.1) is 12.7 Å². The Labute approximate surface area is 119 Å². The molecule has 0 radical (unpaired) electrons. The second-order valence-electron chi connectivity index (χ2n) is 6.77. The standard InChI is InChI=1S/C16H28O2Si/c1-8-9-10-11-14-15(18-14)13(2)12-17-19(6,7)16(3,4)5/h14-15H,2,10-12H2,1,3-7H3/t14-,15-/m0/s1. The van der Waals surface area contributed by atoms with E-state index in [4.69, 9.17) is 9.16 Å². The van der Waals surface area contributed by atoms with Crippen LogP contribution in [0.2, 0.25) is 18.1 Å². The Bertz CT molecular complexity index is 382. The summed E-state index contributed by atoms with van der Waals surface area (Å²) in [6.07, 6.45) is 2.43. The van der Waals surface area contributed by atoms with E-state index in [0.29, 0.717) is 12.7 Å². The van der Waals surface area contributed by atoms with Gasteiger partial charge in [0.2, 0.25) is 0 Å². The topological polar surface area (TPSA) is 21.8 Å². The van der Waals surface area contributed by atoms with E-state index in [1.165, 1.54) is 0 Å². The lowest BCUT2D eigenvalue weighted by Crippen LogP contribution is -2.41. The molecule has 0 N–H and O–H groups in total. The van der Waals surface area contributed by atoms with Crippen molar-refractivity contribution in [2.75, 3.05) is 6.61 Å². The minimum Gasteiger partial charge on any atom is -0.413 e. The smallest absolute Gasteiger partial charge is 0.192 e. The van der Waals surface area contributed by atoms with Crippen molar-refractivity contribution in [2.24, 2.45) is 0 Å². The van der Waals surface area contributed by atoms with Gasteiger partial charge < -0.3 is 9.16 Å². The molecule has 0 aliphatic carbocycles. The first-order chi connectivity index (χ1) is 8.69.